The number of carbonyl (C=O) groups excluding carboxylic acids is 1. The quantitative estimate of drug-likeness (QED) is 0.640. The summed E-state index contributed by atoms with van der Waals surface area (Å²) in [4.78, 5) is 19.3. The molecule has 1 aromatic carbocycles. The van der Waals surface area contributed by atoms with Crippen molar-refractivity contribution in [2.45, 2.75) is 31.3 Å². The third-order valence-electron chi connectivity index (χ3n) is 5.75. The van der Waals surface area contributed by atoms with Crippen LogP contribution >= 0.6 is 0 Å². The normalized spacial score (nSPS) is 19.1. The third kappa shape index (κ3) is 3.99. The predicted molar refractivity (Wildman–Crippen MR) is 108 cm³/mol. The van der Waals surface area contributed by atoms with E-state index in [0.29, 0.717) is 37.2 Å². The molecule has 0 saturated carbocycles. The number of carbonyl (C=O) groups is 1. The second-order valence-corrected chi connectivity index (χ2v) is 7.80. The van der Waals surface area contributed by atoms with Crippen LogP contribution in [0.3, 0.4) is 0 Å². The Morgan fingerprint density at radius 3 is 2.52 bits per heavy atom. The number of halogens is 3. The number of aromatic nitrogens is 3. The van der Waals surface area contributed by atoms with Crippen LogP contribution in [-0.4, -0.2) is 56.3 Å². The number of hydrogen-bond acceptors (Lipinski definition) is 6. The van der Waals surface area contributed by atoms with Gasteiger partial charge in [0.2, 0.25) is 0 Å². The molecule has 1 saturated heterocycles. The molecule has 5 rings (SSSR count). The van der Waals surface area contributed by atoms with Crippen LogP contribution in [0.4, 0.5) is 13.2 Å². The molecule has 8 nitrogen and oxygen atoms in total. The molecule has 172 valence electrons. The number of aromatic hydroxyl groups is 1. The van der Waals surface area contributed by atoms with Crippen molar-refractivity contribution in [2.75, 3.05) is 13.2 Å². The Bertz CT molecular complexity index is 1170. The van der Waals surface area contributed by atoms with E-state index in [1.54, 1.807) is 17.2 Å². The number of ether oxygens (including phenoxy) is 2. The van der Waals surface area contributed by atoms with Crippen LogP contribution in [0.2, 0.25) is 0 Å². The summed E-state index contributed by atoms with van der Waals surface area (Å²) in [6.07, 6.45) is -0.391. The van der Waals surface area contributed by atoms with E-state index in [-0.39, 0.29) is 35.0 Å². The van der Waals surface area contributed by atoms with Gasteiger partial charge in [-0.25, -0.2) is 9.67 Å². The van der Waals surface area contributed by atoms with Crippen LogP contribution in [0.1, 0.15) is 40.5 Å². The number of nitrogens with zero attached hydrogens (tertiary/aromatic N) is 4. The number of amides is 1. The van der Waals surface area contributed by atoms with Crippen LogP contribution in [0.5, 0.6) is 11.5 Å². The van der Waals surface area contributed by atoms with Crippen molar-refractivity contribution in [3.8, 4) is 17.3 Å². The fraction of sp³-hybridized carbons (Fsp3) is 0.318. The lowest BCUT2D eigenvalue weighted by Crippen LogP contribution is -2.42. The molecule has 1 unspecified atom stereocenters. The van der Waals surface area contributed by atoms with Gasteiger partial charge in [-0.3, -0.25) is 4.79 Å². The van der Waals surface area contributed by atoms with Gasteiger partial charge in [0.1, 0.15) is 5.75 Å². The Morgan fingerprint density at radius 2 is 1.85 bits per heavy atom. The maximum absolute atomic E-state index is 13.4. The number of fused-ring (bicyclic) bond motifs is 1. The van der Waals surface area contributed by atoms with E-state index >= 15 is 0 Å². The van der Waals surface area contributed by atoms with Gasteiger partial charge in [0.25, 0.3) is 5.91 Å². The summed E-state index contributed by atoms with van der Waals surface area (Å²) in [5.41, 5.74) is 1.42. The zero-order chi connectivity index (χ0) is 23.2. The van der Waals surface area contributed by atoms with Gasteiger partial charge in [0.05, 0.1) is 6.04 Å². The van der Waals surface area contributed by atoms with Gasteiger partial charge in [-0.2, -0.15) is 5.10 Å². The van der Waals surface area contributed by atoms with Gasteiger partial charge in [-0.15, -0.1) is 13.2 Å². The molecule has 1 fully saturated rings. The smallest absolute Gasteiger partial charge is 0.504 e. The summed E-state index contributed by atoms with van der Waals surface area (Å²) < 4.78 is 48.5. The first kappa shape index (κ1) is 21.3. The molecule has 0 spiro atoms. The molecule has 0 aliphatic carbocycles. The van der Waals surface area contributed by atoms with E-state index in [9.17, 15) is 23.1 Å². The van der Waals surface area contributed by atoms with Gasteiger partial charge in [-0.05, 0) is 42.7 Å². The van der Waals surface area contributed by atoms with Crippen molar-refractivity contribution in [1.29, 1.82) is 0 Å². The molecular formula is C22H19F3N4O4. The average molecular weight is 460 g/mol. The molecule has 1 atom stereocenters. The minimum atomic E-state index is -4.79. The predicted octanol–water partition coefficient (Wildman–Crippen LogP) is 3.60. The van der Waals surface area contributed by atoms with Crippen molar-refractivity contribution >= 4 is 5.91 Å². The highest BCUT2D eigenvalue weighted by Crippen LogP contribution is 2.42. The van der Waals surface area contributed by atoms with E-state index in [4.69, 9.17) is 4.74 Å². The van der Waals surface area contributed by atoms with E-state index in [1.807, 2.05) is 0 Å². The second-order valence-electron chi connectivity index (χ2n) is 7.80. The van der Waals surface area contributed by atoms with Crippen LogP contribution in [0.25, 0.3) is 5.82 Å². The Hall–Kier alpha value is -3.60. The van der Waals surface area contributed by atoms with Crippen molar-refractivity contribution in [2.24, 2.45) is 0 Å². The number of rotatable bonds is 4. The van der Waals surface area contributed by atoms with Crippen molar-refractivity contribution < 1.29 is 32.5 Å². The number of pyridine rings is 1. The molecule has 1 amide bonds. The number of benzene rings is 1. The lowest BCUT2D eigenvalue weighted by atomic mass is 9.98. The van der Waals surface area contributed by atoms with Crippen LogP contribution in [0.15, 0.2) is 48.8 Å². The molecule has 0 radical (unpaired) electrons. The maximum Gasteiger partial charge on any atom is 0.573 e. The summed E-state index contributed by atoms with van der Waals surface area (Å²) in [7, 11) is 0. The highest BCUT2D eigenvalue weighted by molar-refractivity contribution is 5.98. The summed E-state index contributed by atoms with van der Waals surface area (Å²) >= 11 is 0. The van der Waals surface area contributed by atoms with Crippen LogP contribution in [0, 0.1) is 0 Å². The van der Waals surface area contributed by atoms with E-state index < -0.39 is 12.4 Å². The minimum Gasteiger partial charge on any atom is -0.504 e. The highest BCUT2D eigenvalue weighted by Gasteiger charge is 2.44. The first-order valence-electron chi connectivity index (χ1n) is 10.3. The monoisotopic (exact) mass is 460 g/mol. The molecule has 1 N–H and O–H groups in total. The fourth-order valence-electron chi connectivity index (χ4n) is 4.35. The van der Waals surface area contributed by atoms with Crippen LogP contribution < -0.4 is 4.74 Å². The molecule has 3 aromatic rings. The molecule has 2 aromatic heterocycles. The molecular weight excluding hydrogens is 441 g/mol. The summed E-state index contributed by atoms with van der Waals surface area (Å²) in [6.45, 7) is 1.03. The SMILES string of the molecule is O=C1c2nn(-c3ncccc3O)cc2C(c2ccc(OC(F)(F)F)cc2)N1C1CCOCC1. The van der Waals surface area contributed by atoms with Gasteiger partial charge in [0.15, 0.2) is 17.3 Å². The zero-order valence-electron chi connectivity index (χ0n) is 17.2. The molecule has 0 bridgehead atoms. The van der Waals surface area contributed by atoms with E-state index in [1.165, 1.54) is 41.2 Å². The lowest BCUT2D eigenvalue weighted by molar-refractivity contribution is -0.274. The van der Waals surface area contributed by atoms with Crippen molar-refractivity contribution in [1.82, 2.24) is 19.7 Å². The summed E-state index contributed by atoms with van der Waals surface area (Å²) in [6, 6.07) is 7.84. The van der Waals surface area contributed by atoms with Gasteiger partial charge >= 0.3 is 6.36 Å². The molecule has 4 heterocycles. The Morgan fingerprint density at radius 1 is 1.12 bits per heavy atom. The number of alkyl halides is 3. The second kappa shape index (κ2) is 8.07. The Balaban J connectivity index is 1.55. The molecule has 11 heteroatoms. The molecule has 33 heavy (non-hydrogen) atoms. The first-order chi connectivity index (χ1) is 15.8. The minimum absolute atomic E-state index is 0.0994. The summed E-state index contributed by atoms with van der Waals surface area (Å²) in [5, 5.41) is 14.5. The Kier molecular flexibility index (Phi) is 5.20. The Labute approximate surface area is 186 Å². The summed E-state index contributed by atoms with van der Waals surface area (Å²) in [5.74, 6) is -0.559. The van der Waals surface area contributed by atoms with Crippen LogP contribution in [-0.2, 0) is 4.74 Å². The van der Waals surface area contributed by atoms with E-state index in [0.717, 1.165) is 0 Å². The standard InChI is InChI=1S/C22H19F3N4O4/c23-22(24,25)33-15-5-3-13(4-6-15)19-16-12-28(20-17(30)2-1-9-26-20)27-18(16)21(31)29(19)14-7-10-32-11-8-14/h1-6,9,12,14,19,30H,7-8,10-11H2. The number of hydrogen-bond donors (Lipinski definition) is 1. The zero-order valence-corrected chi connectivity index (χ0v) is 17.2. The van der Waals surface area contributed by atoms with Crippen molar-refractivity contribution in [3.05, 3.63) is 65.6 Å². The lowest BCUT2D eigenvalue weighted by Gasteiger charge is -2.36. The average Bonchev–Trinajstić information content (AvgIpc) is 3.32. The maximum atomic E-state index is 13.4. The first-order valence-corrected chi connectivity index (χ1v) is 10.3. The topological polar surface area (TPSA) is 89.7 Å². The largest absolute Gasteiger partial charge is 0.573 e. The van der Waals surface area contributed by atoms with E-state index in [2.05, 4.69) is 14.8 Å². The molecule has 2 aliphatic rings. The fourth-order valence-corrected chi connectivity index (χ4v) is 4.35. The molecule has 2 aliphatic heterocycles. The van der Waals surface area contributed by atoms with Gasteiger partial charge in [0, 0.05) is 37.2 Å². The third-order valence-corrected chi connectivity index (χ3v) is 5.75. The van der Waals surface area contributed by atoms with Crippen molar-refractivity contribution in [3.63, 3.8) is 0 Å². The van der Waals surface area contributed by atoms with Gasteiger partial charge < -0.3 is 19.5 Å². The van der Waals surface area contributed by atoms with Gasteiger partial charge in [-0.1, -0.05) is 12.1 Å². The highest BCUT2D eigenvalue weighted by atomic mass is 19.4.